The minimum absolute atomic E-state index is 0. The predicted molar refractivity (Wildman–Crippen MR) is 83.6 cm³/mol. The van der Waals surface area contributed by atoms with E-state index in [0.717, 1.165) is 16.9 Å². The van der Waals surface area contributed by atoms with E-state index in [1.807, 2.05) is 49.3 Å². The highest BCUT2D eigenvalue weighted by atomic mass is 35.5. The van der Waals surface area contributed by atoms with Crippen LogP contribution in [-0.2, 0) is 5.88 Å². The third-order valence-electron chi connectivity index (χ3n) is 2.81. The molecule has 0 radical (unpaired) electrons. The molecule has 3 nitrogen and oxygen atoms in total. The largest absolute Gasteiger partial charge is 0.378 e. The third kappa shape index (κ3) is 3.52. The maximum atomic E-state index is 11.7. The molecule has 0 aliphatic carbocycles. The summed E-state index contributed by atoms with van der Waals surface area (Å²) in [5.74, 6) is 0.230. The Bertz CT molecular complexity index is 608. The van der Waals surface area contributed by atoms with Crippen molar-refractivity contribution >= 4 is 29.7 Å². The third-order valence-corrected chi connectivity index (χ3v) is 3.10. The maximum Gasteiger partial charge on any atom is 0.252 e. The number of rotatable bonds is 3. The van der Waals surface area contributed by atoms with Gasteiger partial charge in [0, 0.05) is 36.6 Å². The average Bonchev–Trinajstić information content (AvgIpc) is 2.38. The van der Waals surface area contributed by atoms with Crippen molar-refractivity contribution in [3.63, 3.8) is 0 Å². The Hall–Kier alpha value is -1.45. The first-order valence-electron chi connectivity index (χ1n) is 5.68. The van der Waals surface area contributed by atoms with Crippen LogP contribution in [0, 0.1) is 0 Å². The summed E-state index contributed by atoms with van der Waals surface area (Å²) in [5, 5.41) is 0. The lowest BCUT2D eigenvalue weighted by molar-refractivity contribution is 1.13. The molecule has 0 amide bonds. The number of aromatic nitrogens is 1. The van der Waals surface area contributed by atoms with E-state index in [-0.39, 0.29) is 23.8 Å². The Kier molecular flexibility index (Phi) is 5.45. The topological polar surface area (TPSA) is 36.1 Å². The van der Waals surface area contributed by atoms with Crippen LogP contribution in [0.2, 0.25) is 0 Å². The average molecular weight is 299 g/mol. The van der Waals surface area contributed by atoms with Gasteiger partial charge in [0.25, 0.3) is 5.56 Å². The molecule has 0 unspecified atom stereocenters. The Morgan fingerprint density at radius 2 is 1.95 bits per heavy atom. The minimum Gasteiger partial charge on any atom is -0.378 e. The van der Waals surface area contributed by atoms with Crippen LogP contribution in [0.25, 0.3) is 11.3 Å². The summed E-state index contributed by atoms with van der Waals surface area (Å²) in [4.78, 5) is 16.6. The summed E-state index contributed by atoms with van der Waals surface area (Å²) in [7, 11) is 3.97. The molecule has 1 heterocycles. The van der Waals surface area contributed by atoms with Gasteiger partial charge in [-0.25, -0.2) is 0 Å². The molecular weight excluding hydrogens is 283 g/mol. The second kappa shape index (κ2) is 6.64. The molecule has 5 heteroatoms. The van der Waals surface area contributed by atoms with Crippen molar-refractivity contribution in [2.24, 2.45) is 0 Å². The lowest BCUT2D eigenvalue weighted by atomic mass is 10.1. The number of pyridine rings is 1. The molecule has 0 bridgehead atoms. The van der Waals surface area contributed by atoms with Crippen molar-refractivity contribution in [2.75, 3.05) is 19.0 Å². The number of anilines is 1. The van der Waals surface area contributed by atoms with Crippen LogP contribution in [0.1, 0.15) is 5.56 Å². The van der Waals surface area contributed by atoms with Crippen LogP contribution < -0.4 is 10.5 Å². The lowest BCUT2D eigenvalue weighted by Crippen LogP contribution is -2.12. The molecule has 0 fully saturated rings. The molecule has 102 valence electrons. The van der Waals surface area contributed by atoms with Crippen LogP contribution >= 0.6 is 24.0 Å². The Labute approximate surface area is 123 Å². The smallest absolute Gasteiger partial charge is 0.252 e. The van der Waals surface area contributed by atoms with Crippen LogP contribution in [0.3, 0.4) is 0 Å². The van der Waals surface area contributed by atoms with E-state index in [9.17, 15) is 4.79 Å². The van der Waals surface area contributed by atoms with Gasteiger partial charge in [-0.1, -0.05) is 18.2 Å². The molecule has 1 N–H and O–H groups in total. The Morgan fingerprint density at radius 1 is 1.21 bits per heavy atom. The zero-order valence-electron chi connectivity index (χ0n) is 10.8. The van der Waals surface area contributed by atoms with E-state index < -0.39 is 0 Å². The fraction of sp³-hybridized carbons (Fsp3) is 0.214. The van der Waals surface area contributed by atoms with E-state index >= 15 is 0 Å². The lowest BCUT2D eigenvalue weighted by Gasteiger charge is -2.13. The van der Waals surface area contributed by atoms with Gasteiger partial charge in [0.05, 0.1) is 5.88 Å². The summed E-state index contributed by atoms with van der Waals surface area (Å²) in [6.45, 7) is 0. The number of aromatic amines is 1. The van der Waals surface area contributed by atoms with Gasteiger partial charge in [0.2, 0.25) is 0 Å². The summed E-state index contributed by atoms with van der Waals surface area (Å²) in [6, 6.07) is 11.6. The molecular formula is C14H16Cl2N2O. The second-order valence-corrected chi connectivity index (χ2v) is 4.57. The summed E-state index contributed by atoms with van der Waals surface area (Å²) in [5.41, 5.74) is 3.34. The number of benzene rings is 1. The van der Waals surface area contributed by atoms with Crippen molar-refractivity contribution in [3.05, 3.63) is 52.3 Å². The van der Waals surface area contributed by atoms with E-state index in [2.05, 4.69) is 4.98 Å². The van der Waals surface area contributed by atoms with Gasteiger partial charge >= 0.3 is 0 Å². The SMILES string of the molecule is CN(C)c1cccc(-c2ccc(CCl)c(=O)[nH]2)c1.Cl. The number of nitrogens with zero attached hydrogens (tertiary/aromatic N) is 1. The molecule has 0 aliphatic rings. The number of hydrogen-bond donors (Lipinski definition) is 1. The highest BCUT2D eigenvalue weighted by Gasteiger charge is 2.04. The van der Waals surface area contributed by atoms with Gasteiger partial charge in [0.1, 0.15) is 0 Å². The predicted octanol–water partition coefficient (Wildman–Crippen LogP) is 3.27. The van der Waals surface area contributed by atoms with Gasteiger partial charge in [-0.2, -0.15) is 0 Å². The fourth-order valence-corrected chi connectivity index (χ4v) is 1.94. The number of halogens is 2. The van der Waals surface area contributed by atoms with Crippen molar-refractivity contribution < 1.29 is 0 Å². The maximum absolute atomic E-state index is 11.7. The minimum atomic E-state index is -0.127. The molecule has 0 atom stereocenters. The van der Waals surface area contributed by atoms with E-state index in [0.29, 0.717) is 5.56 Å². The van der Waals surface area contributed by atoms with Gasteiger partial charge in [-0.05, 0) is 18.2 Å². The van der Waals surface area contributed by atoms with E-state index in [1.165, 1.54) is 0 Å². The van der Waals surface area contributed by atoms with Crippen LogP contribution in [0.5, 0.6) is 0 Å². The molecule has 1 aromatic heterocycles. The van der Waals surface area contributed by atoms with Crippen molar-refractivity contribution in [1.29, 1.82) is 0 Å². The molecule has 19 heavy (non-hydrogen) atoms. The van der Waals surface area contributed by atoms with Crippen LogP contribution in [0.15, 0.2) is 41.2 Å². The molecule has 0 saturated heterocycles. The van der Waals surface area contributed by atoms with E-state index in [1.54, 1.807) is 6.07 Å². The first-order chi connectivity index (χ1) is 8.61. The zero-order valence-corrected chi connectivity index (χ0v) is 12.4. The Morgan fingerprint density at radius 3 is 2.53 bits per heavy atom. The van der Waals surface area contributed by atoms with Crippen LogP contribution in [-0.4, -0.2) is 19.1 Å². The van der Waals surface area contributed by atoms with Gasteiger partial charge in [-0.15, -0.1) is 24.0 Å². The van der Waals surface area contributed by atoms with Crippen molar-refractivity contribution in [2.45, 2.75) is 5.88 Å². The van der Waals surface area contributed by atoms with E-state index in [4.69, 9.17) is 11.6 Å². The summed E-state index contributed by atoms with van der Waals surface area (Å²) < 4.78 is 0. The number of H-pyrrole nitrogens is 1. The van der Waals surface area contributed by atoms with Crippen molar-refractivity contribution in [3.8, 4) is 11.3 Å². The molecule has 0 saturated carbocycles. The highest BCUT2D eigenvalue weighted by Crippen LogP contribution is 2.21. The number of hydrogen-bond acceptors (Lipinski definition) is 2. The standard InChI is InChI=1S/C14H15ClN2O.ClH/c1-17(2)12-5-3-4-10(8-12)13-7-6-11(9-15)14(18)16-13;/h3-8H,9H2,1-2H3,(H,16,18);1H. The molecule has 2 rings (SSSR count). The second-order valence-electron chi connectivity index (χ2n) is 4.30. The van der Waals surface area contributed by atoms with Gasteiger partial charge < -0.3 is 9.88 Å². The highest BCUT2D eigenvalue weighted by molar-refractivity contribution is 6.17. The quantitative estimate of drug-likeness (QED) is 0.883. The zero-order chi connectivity index (χ0) is 13.1. The van der Waals surface area contributed by atoms with Gasteiger partial charge in [0.15, 0.2) is 0 Å². The van der Waals surface area contributed by atoms with Crippen molar-refractivity contribution in [1.82, 2.24) is 4.98 Å². The number of nitrogens with one attached hydrogen (secondary N) is 1. The molecule has 2 aromatic rings. The molecule has 0 aliphatic heterocycles. The Balaban J connectivity index is 0.00000180. The van der Waals surface area contributed by atoms with Gasteiger partial charge in [-0.3, -0.25) is 4.79 Å². The monoisotopic (exact) mass is 298 g/mol. The molecule has 0 spiro atoms. The summed E-state index contributed by atoms with van der Waals surface area (Å²) in [6.07, 6.45) is 0. The normalized spacial score (nSPS) is 9.84. The molecule has 1 aromatic carbocycles. The summed E-state index contributed by atoms with van der Waals surface area (Å²) >= 11 is 5.67. The first kappa shape index (κ1) is 15.6. The van der Waals surface area contributed by atoms with Crippen LogP contribution in [0.4, 0.5) is 5.69 Å². The first-order valence-corrected chi connectivity index (χ1v) is 6.21. The fourth-order valence-electron chi connectivity index (χ4n) is 1.73. The number of alkyl halides is 1.